The molecule has 0 saturated carbocycles. The second-order valence-corrected chi connectivity index (χ2v) is 22.4. The molecule has 0 aromatic carbocycles. The van der Waals surface area contributed by atoms with Gasteiger partial charge in [0.05, 0.1) is 0 Å². The first-order valence-corrected chi connectivity index (χ1v) is 33.6. The molecule has 0 aliphatic carbocycles. The van der Waals surface area contributed by atoms with Crippen molar-refractivity contribution in [3.05, 3.63) is 85.1 Å². The summed E-state index contributed by atoms with van der Waals surface area (Å²) in [6.07, 6.45) is 87.3. The van der Waals surface area contributed by atoms with E-state index in [4.69, 9.17) is 14.2 Å². The average Bonchev–Trinajstić information content (AvgIpc) is 3.44. The second kappa shape index (κ2) is 66.1. The average molecular weight is 1090 g/mol. The fourth-order valence-corrected chi connectivity index (χ4v) is 9.62. The molecular formula is C72H126O6. The third-order valence-electron chi connectivity index (χ3n) is 14.6. The van der Waals surface area contributed by atoms with Gasteiger partial charge in [0, 0.05) is 19.3 Å². The van der Waals surface area contributed by atoms with Crippen LogP contribution in [-0.2, 0) is 28.6 Å². The van der Waals surface area contributed by atoms with Gasteiger partial charge in [-0.3, -0.25) is 14.4 Å². The summed E-state index contributed by atoms with van der Waals surface area (Å²) in [6, 6.07) is 0. The number of allylic oxidation sites excluding steroid dienone is 14. The van der Waals surface area contributed by atoms with E-state index < -0.39 is 6.10 Å². The molecule has 0 aliphatic rings. The number of hydrogen-bond acceptors (Lipinski definition) is 6. The molecule has 0 heterocycles. The monoisotopic (exact) mass is 1090 g/mol. The minimum Gasteiger partial charge on any atom is -0.462 e. The van der Waals surface area contributed by atoms with Crippen molar-refractivity contribution in [2.75, 3.05) is 13.2 Å². The van der Waals surface area contributed by atoms with Crippen LogP contribution in [0.15, 0.2) is 85.1 Å². The molecule has 0 saturated heterocycles. The lowest BCUT2D eigenvalue weighted by molar-refractivity contribution is -0.167. The Labute approximate surface area is 484 Å². The number of ether oxygens (including phenoxy) is 3. The van der Waals surface area contributed by atoms with E-state index in [1.807, 2.05) is 0 Å². The largest absolute Gasteiger partial charge is 0.462 e. The summed E-state index contributed by atoms with van der Waals surface area (Å²) in [5.74, 6) is -0.891. The van der Waals surface area contributed by atoms with Gasteiger partial charge in [-0.15, -0.1) is 0 Å². The normalized spacial score (nSPS) is 12.6. The Bertz CT molecular complexity index is 1480. The highest BCUT2D eigenvalue weighted by molar-refractivity contribution is 5.71. The van der Waals surface area contributed by atoms with E-state index in [9.17, 15) is 14.4 Å². The minimum absolute atomic E-state index is 0.0845. The SMILES string of the molecule is CC/C=C\C/C=C\C/C=C\C/C=C\C/C=C\CCCCCCCCCC(=O)OCC(COC(=O)CCCCCCC/C=C\C/C=C\CCCCC)OC(=O)CCCCCCCCCCCCCCCCCCCCCCCC. The van der Waals surface area contributed by atoms with Gasteiger partial charge in [-0.1, -0.05) is 305 Å². The lowest BCUT2D eigenvalue weighted by atomic mass is 10.0. The number of carbonyl (C=O) groups is 3. The van der Waals surface area contributed by atoms with Crippen LogP contribution in [0.3, 0.4) is 0 Å². The molecule has 0 fully saturated rings. The highest BCUT2D eigenvalue weighted by Gasteiger charge is 2.19. The maximum atomic E-state index is 12.9. The number of esters is 3. The van der Waals surface area contributed by atoms with Crippen molar-refractivity contribution < 1.29 is 28.6 Å². The van der Waals surface area contributed by atoms with Gasteiger partial charge in [0.2, 0.25) is 0 Å². The third-order valence-corrected chi connectivity index (χ3v) is 14.6. The summed E-state index contributed by atoms with van der Waals surface area (Å²) in [7, 11) is 0. The van der Waals surface area contributed by atoms with Crippen LogP contribution >= 0.6 is 0 Å². The minimum atomic E-state index is -0.788. The van der Waals surface area contributed by atoms with E-state index in [1.165, 1.54) is 180 Å². The molecule has 78 heavy (non-hydrogen) atoms. The predicted octanol–water partition coefficient (Wildman–Crippen LogP) is 23.1. The van der Waals surface area contributed by atoms with Crippen molar-refractivity contribution in [3.8, 4) is 0 Å². The molecule has 0 rings (SSSR count). The van der Waals surface area contributed by atoms with E-state index >= 15 is 0 Å². The summed E-state index contributed by atoms with van der Waals surface area (Å²) >= 11 is 0. The Kier molecular flexibility index (Phi) is 63.2. The van der Waals surface area contributed by atoms with Crippen molar-refractivity contribution in [2.45, 2.75) is 341 Å². The van der Waals surface area contributed by atoms with Gasteiger partial charge in [-0.25, -0.2) is 0 Å². The number of rotatable bonds is 61. The van der Waals surface area contributed by atoms with E-state index in [-0.39, 0.29) is 31.1 Å². The first-order valence-electron chi connectivity index (χ1n) is 33.6. The molecule has 0 bridgehead atoms. The molecule has 0 radical (unpaired) electrons. The van der Waals surface area contributed by atoms with Crippen LogP contribution in [0.5, 0.6) is 0 Å². The Morgan fingerprint density at radius 1 is 0.269 bits per heavy atom. The Morgan fingerprint density at radius 2 is 0.500 bits per heavy atom. The van der Waals surface area contributed by atoms with E-state index in [1.54, 1.807) is 0 Å². The van der Waals surface area contributed by atoms with E-state index in [0.717, 1.165) is 116 Å². The second-order valence-electron chi connectivity index (χ2n) is 22.4. The van der Waals surface area contributed by atoms with E-state index in [2.05, 4.69) is 106 Å². The zero-order valence-electron chi connectivity index (χ0n) is 51.7. The molecule has 0 spiro atoms. The third kappa shape index (κ3) is 63.4. The molecular weight excluding hydrogens is 961 g/mol. The zero-order valence-corrected chi connectivity index (χ0v) is 51.7. The highest BCUT2D eigenvalue weighted by Crippen LogP contribution is 2.17. The smallest absolute Gasteiger partial charge is 0.306 e. The molecule has 0 aromatic heterocycles. The van der Waals surface area contributed by atoms with Crippen LogP contribution in [0.1, 0.15) is 335 Å². The van der Waals surface area contributed by atoms with Crippen LogP contribution in [0.4, 0.5) is 0 Å². The highest BCUT2D eigenvalue weighted by atomic mass is 16.6. The quantitative estimate of drug-likeness (QED) is 0.0261. The summed E-state index contributed by atoms with van der Waals surface area (Å²) in [5.41, 5.74) is 0. The van der Waals surface area contributed by atoms with Crippen molar-refractivity contribution in [2.24, 2.45) is 0 Å². The number of carbonyl (C=O) groups excluding carboxylic acids is 3. The lowest BCUT2D eigenvalue weighted by Gasteiger charge is -2.18. The molecule has 0 aromatic rings. The van der Waals surface area contributed by atoms with Gasteiger partial charge >= 0.3 is 17.9 Å². The van der Waals surface area contributed by atoms with Gasteiger partial charge in [0.15, 0.2) is 6.10 Å². The molecule has 450 valence electrons. The van der Waals surface area contributed by atoms with Crippen LogP contribution in [-0.4, -0.2) is 37.2 Å². The van der Waals surface area contributed by atoms with Crippen molar-refractivity contribution >= 4 is 17.9 Å². The standard InChI is InChI=1S/C72H126O6/c1-4-7-10-13-16-19-22-25-28-30-32-34-36-38-39-41-44-47-50-53-56-59-62-65-71(74)77-68-69(67-76-70(73)64-61-58-55-52-49-46-43-27-24-21-18-15-12-9-6-3)78-72(75)66-63-60-57-54-51-48-45-42-40-37-35-33-31-29-26-23-20-17-14-11-8-5-2/h7,10,16,18-19,21,25,27-28,32,34,38-39,43,69H,4-6,8-9,11-15,17,20,22-24,26,29-31,33,35-37,40-42,44-68H2,1-3H3/b10-7-,19-16-,21-18-,28-25-,34-32-,39-38-,43-27-. The molecule has 6 heteroatoms. The molecule has 0 amide bonds. The fraction of sp³-hybridized carbons (Fsp3) is 0.764. The maximum Gasteiger partial charge on any atom is 0.306 e. The molecule has 6 nitrogen and oxygen atoms in total. The van der Waals surface area contributed by atoms with Crippen LogP contribution < -0.4 is 0 Å². The van der Waals surface area contributed by atoms with Crippen LogP contribution in [0, 0.1) is 0 Å². The molecule has 1 unspecified atom stereocenters. The van der Waals surface area contributed by atoms with Crippen molar-refractivity contribution in [1.29, 1.82) is 0 Å². The Morgan fingerprint density at radius 3 is 0.808 bits per heavy atom. The summed E-state index contributed by atoms with van der Waals surface area (Å²) < 4.78 is 17.0. The molecule has 1 atom stereocenters. The van der Waals surface area contributed by atoms with E-state index in [0.29, 0.717) is 19.3 Å². The maximum absolute atomic E-state index is 12.9. The van der Waals surface area contributed by atoms with Crippen LogP contribution in [0.25, 0.3) is 0 Å². The summed E-state index contributed by atoms with van der Waals surface area (Å²) in [5, 5.41) is 0. The van der Waals surface area contributed by atoms with Crippen LogP contribution in [0.2, 0.25) is 0 Å². The fourth-order valence-electron chi connectivity index (χ4n) is 9.62. The molecule has 0 N–H and O–H groups in total. The number of unbranched alkanes of at least 4 members (excludes halogenated alkanes) is 36. The lowest BCUT2D eigenvalue weighted by Crippen LogP contribution is -2.30. The Balaban J connectivity index is 4.36. The van der Waals surface area contributed by atoms with Crippen molar-refractivity contribution in [3.63, 3.8) is 0 Å². The van der Waals surface area contributed by atoms with Crippen molar-refractivity contribution in [1.82, 2.24) is 0 Å². The zero-order chi connectivity index (χ0) is 56.4. The van der Waals surface area contributed by atoms with Gasteiger partial charge in [0.25, 0.3) is 0 Å². The summed E-state index contributed by atoms with van der Waals surface area (Å²) in [4.78, 5) is 38.4. The number of hydrogen-bond donors (Lipinski definition) is 0. The first-order chi connectivity index (χ1) is 38.5. The Hall–Kier alpha value is -3.41. The first kappa shape index (κ1) is 74.6. The van der Waals surface area contributed by atoms with Gasteiger partial charge in [-0.05, 0) is 96.3 Å². The summed E-state index contributed by atoms with van der Waals surface area (Å²) in [6.45, 7) is 6.53. The van der Waals surface area contributed by atoms with Gasteiger partial charge < -0.3 is 14.2 Å². The van der Waals surface area contributed by atoms with Gasteiger partial charge in [-0.2, -0.15) is 0 Å². The molecule has 0 aliphatic heterocycles. The topological polar surface area (TPSA) is 78.9 Å². The predicted molar refractivity (Wildman–Crippen MR) is 339 cm³/mol. The van der Waals surface area contributed by atoms with Gasteiger partial charge in [0.1, 0.15) is 13.2 Å².